The second kappa shape index (κ2) is 8.13. The quantitative estimate of drug-likeness (QED) is 0.870. The molecule has 9 heteroatoms. The molecule has 2 rings (SSSR count). The van der Waals surface area contributed by atoms with E-state index in [1.807, 2.05) is 0 Å². The first-order valence-electron chi connectivity index (χ1n) is 7.43. The predicted molar refractivity (Wildman–Crippen MR) is 80.9 cm³/mol. The van der Waals surface area contributed by atoms with Gasteiger partial charge in [0.1, 0.15) is 5.69 Å². The number of rotatable bonds is 5. The van der Waals surface area contributed by atoms with E-state index in [9.17, 15) is 18.0 Å². The van der Waals surface area contributed by atoms with Crippen LogP contribution in [0.1, 0.15) is 28.9 Å². The molecule has 1 aliphatic rings. The predicted octanol–water partition coefficient (Wildman–Crippen LogP) is 2.93. The number of nitrogens with one attached hydrogen (secondary N) is 1. The van der Waals surface area contributed by atoms with Gasteiger partial charge in [0.05, 0.1) is 29.8 Å². The summed E-state index contributed by atoms with van der Waals surface area (Å²) in [4.78, 5) is 15.9. The van der Waals surface area contributed by atoms with Crippen molar-refractivity contribution in [2.75, 3.05) is 26.9 Å². The molecule has 0 bridgehead atoms. The molecule has 5 nitrogen and oxygen atoms in total. The fourth-order valence-electron chi connectivity index (χ4n) is 2.55. The Hall–Kier alpha value is -1.38. The number of carbonyl (C=O) groups is 1. The van der Waals surface area contributed by atoms with Crippen LogP contribution in [0.15, 0.2) is 12.3 Å². The minimum atomic E-state index is -4.57. The number of hydrogen-bond donors (Lipinski definition) is 1. The molecule has 1 aromatic heterocycles. The van der Waals surface area contributed by atoms with Crippen LogP contribution in [0, 0.1) is 5.92 Å². The van der Waals surface area contributed by atoms with Gasteiger partial charge in [-0.2, -0.15) is 13.2 Å². The average Bonchev–Trinajstić information content (AvgIpc) is 2.54. The minimum Gasteiger partial charge on any atom is -0.383 e. The van der Waals surface area contributed by atoms with Crippen LogP contribution in [0.4, 0.5) is 13.2 Å². The third kappa shape index (κ3) is 4.81. The summed E-state index contributed by atoms with van der Waals surface area (Å²) in [7, 11) is 1.51. The minimum absolute atomic E-state index is 0.0656. The van der Waals surface area contributed by atoms with E-state index in [-0.39, 0.29) is 29.3 Å². The highest BCUT2D eigenvalue weighted by molar-refractivity contribution is 6.33. The van der Waals surface area contributed by atoms with Crippen LogP contribution in [0.2, 0.25) is 5.02 Å². The van der Waals surface area contributed by atoms with Gasteiger partial charge in [-0.3, -0.25) is 4.79 Å². The highest BCUT2D eigenvalue weighted by Gasteiger charge is 2.33. The molecule has 1 amide bonds. The summed E-state index contributed by atoms with van der Waals surface area (Å²) in [5.74, 6) is -0.572. The van der Waals surface area contributed by atoms with Gasteiger partial charge in [0.15, 0.2) is 0 Å². The monoisotopic (exact) mass is 366 g/mol. The van der Waals surface area contributed by atoms with Crippen LogP contribution in [-0.4, -0.2) is 43.9 Å². The average molecular weight is 367 g/mol. The van der Waals surface area contributed by atoms with Crippen LogP contribution >= 0.6 is 11.6 Å². The third-order valence-electron chi connectivity index (χ3n) is 3.81. The lowest BCUT2D eigenvalue weighted by Crippen LogP contribution is -2.46. The first kappa shape index (κ1) is 19.0. The number of carbonyl (C=O) groups excluding carboxylic acids is 1. The molecule has 1 aromatic rings. The normalized spacial score (nSPS) is 19.8. The van der Waals surface area contributed by atoms with Crippen LogP contribution in [-0.2, 0) is 15.7 Å². The Balaban J connectivity index is 2.11. The van der Waals surface area contributed by atoms with E-state index in [0.29, 0.717) is 25.5 Å². The van der Waals surface area contributed by atoms with Crippen molar-refractivity contribution in [1.29, 1.82) is 0 Å². The van der Waals surface area contributed by atoms with Crippen molar-refractivity contribution in [1.82, 2.24) is 10.3 Å². The maximum atomic E-state index is 12.6. The number of nitrogens with zero attached hydrogens (tertiary/aromatic N) is 1. The van der Waals surface area contributed by atoms with E-state index in [2.05, 4.69) is 10.3 Å². The standard InChI is InChI=1S/C15H18ClF3N2O3/c1-23-8-12(9-3-2-4-24-7-9)21-14(22)13-11(16)5-10(6-20-13)15(17,18)19/h5-6,9,12H,2-4,7-8H2,1H3,(H,21,22). The zero-order chi connectivity index (χ0) is 17.7. The summed E-state index contributed by atoms with van der Waals surface area (Å²) in [6.45, 7) is 1.43. The first-order valence-corrected chi connectivity index (χ1v) is 7.81. The molecule has 1 N–H and O–H groups in total. The second-order valence-corrected chi connectivity index (χ2v) is 5.97. The lowest BCUT2D eigenvalue weighted by atomic mass is 9.94. The van der Waals surface area contributed by atoms with Crippen LogP contribution in [0.3, 0.4) is 0 Å². The van der Waals surface area contributed by atoms with Gasteiger partial charge in [0.25, 0.3) is 5.91 Å². The number of halogens is 4. The van der Waals surface area contributed by atoms with Gasteiger partial charge in [0.2, 0.25) is 0 Å². The largest absolute Gasteiger partial charge is 0.417 e. The molecule has 0 aromatic carbocycles. The van der Waals surface area contributed by atoms with E-state index < -0.39 is 17.6 Å². The lowest BCUT2D eigenvalue weighted by molar-refractivity contribution is -0.137. The second-order valence-electron chi connectivity index (χ2n) is 5.56. The van der Waals surface area contributed by atoms with Crippen molar-refractivity contribution in [3.05, 3.63) is 28.5 Å². The molecule has 2 heterocycles. The Labute approximate surface area is 142 Å². The molecule has 24 heavy (non-hydrogen) atoms. The number of alkyl halides is 3. The maximum absolute atomic E-state index is 12.6. The van der Waals surface area contributed by atoms with Gasteiger partial charge in [-0.15, -0.1) is 0 Å². The van der Waals surface area contributed by atoms with Crippen molar-refractivity contribution in [2.45, 2.75) is 25.1 Å². The zero-order valence-electron chi connectivity index (χ0n) is 13.0. The smallest absolute Gasteiger partial charge is 0.383 e. The number of aromatic nitrogens is 1. The molecule has 1 fully saturated rings. The fraction of sp³-hybridized carbons (Fsp3) is 0.600. The number of ether oxygens (including phenoxy) is 2. The molecule has 134 valence electrons. The molecule has 1 saturated heterocycles. The zero-order valence-corrected chi connectivity index (χ0v) is 13.8. The van der Waals surface area contributed by atoms with Gasteiger partial charge >= 0.3 is 6.18 Å². The van der Waals surface area contributed by atoms with E-state index in [0.717, 1.165) is 12.8 Å². The Morgan fingerprint density at radius 1 is 1.58 bits per heavy atom. The first-order chi connectivity index (χ1) is 11.3. The molecule has 2 atom stereocenters. The number of pyridine rings is 1. The van der Waals surface area contributed by atoms with Crippen molar-refractivity contribution >= 4 is 17.5 Å². The van der Waals surface area contributed by atoms with Crippen LogP contribution in [0.25, 0.3) is 0 Å². The number of amides is 1. The molecular formula is C15H18ClF3N2O3. The van der Waals surface area contributed by atoms with Crippen molar-refractivity contribution < 1.29 is 27.4 Å². The third-order valence-corrected chi connectivity index (χ3v) is 4.10. The Bertz CT molecular complexity index is 578. The van der Waals surface area contributed by atoms with Gasteiger partial charge < -0.3 is 14.8 Å². The molecule has 1 aliphatic heterocycles. The van der Waals surface area contributed by atoms with Gasteiger partial charge in [-0.05, 0) is 18.9 Å². The highest BCUT2D eigenvalue weighted by Crippen LogP contribution is 2.31. The van der Waals surface area contributed by atoms with E-state index in [1.165, 1.54) is 7.11 Å². The number of hydrogen-bond acceptors (Lipinski definition) is 4. The molecule has 0 aliphatic carbocycles. The van der Waals surface area contributed by atoms with Gasteiger partial charge in [0, 0.05) is 25.8 Å². The van der Waals surface area contributed by atoms with Crippen molar-refractivity contribution in [3.8, 4) is 0 Å². The highest BCUT2D eigenvalue weighted by atomic mass is 35.5. The summed E-state index contributed by atoms with van der Waals surface area (Å²) in [5.41, 5.74) is -1.25. The molecular weight excluding hydrogens is 349 g/mol. The lowest BCUT2D eigenvalue weighted by Gasteiger charge is -2.30. The van der Waals surface area contributed by atoms with E-state index in [4.69, 9.17) is 21.1 Å². The molecule has 2 unspecified atom stereocenters. The van der Waals surface area contributed by atoms with Gasteiger partial charge in [-0.25, -0.2) is 4.98 Å². The Morgan fingerprint density at radius 3 is 2.88 bits per heavy atom. The topological polar surface area (TPSA) is 60.5 Å². The van der Waals surface area contributed by atoms with Gasteiger partial charge in [-0.1, -0.05) is 11.6 Å². The summed E-state index contributed by atoms with van der Waals surface area (Å²) in [6, 6.07) is 0.362. The maximum Gasteiger partial charge on any atom is 0.417 e. The number of methoxy groups -OCH3 is 1. The molecule has 0 spiro atoms. The van der Waals surface area contributed by atoms with Crippen molar-refractivity contribution in [2.24, 2.45) is 5.92 Å². The molecule has 0 radical (unpaired) electrons. The Morgan fingerprint density at radius 2 is 2.33 bits per heavy atom. The van der Waals surface area contributed by atoms with Crippen LogP contribution in [0.5, 0.6) is 0 Å². The van der Waals surface area contributed by atoms with Crippen LogP contribution < -0.4 is 5.32 Å². The van der Waals surface area contributed by atoms with E-state index in [1.54, 1.807) is 0 Å². The van der Waals surface area contributed by atoms with E-state index >= 15 is 0 Å². The Kier molecular flexibility index (Phi) is 6.42. The fourth-order valence-corrected chi connectivity index (χ4v) is 2.81. The summed E-state index contributed by atoms with van der Waals surface area (Å²) in [5, 5.41) is 2.38. The SMILES string of the molecule is COCC(NC(=O)c1ncc(C(F)(F)F)cc1Cl)C1CCCOC1. The van der Waals surface area contributed by atoms with Crippen molar-refractivity contribution in [3.63, 3.8) is 0 Å². The summed E-state index contributed by atoms with van der Waals surface area (Å²) >= 11 is 5.80. The molecule has 0 saturated carbocycles. The summed E-state index contributed by atoms with van der Waals surface area (Å²) < 4.78 is 48.4. The summed E-state index contributed by atoms with van der Waals surface area (Å²) in [6.07, 6.45) is -2.23.